The van der Waals surface area contributed by atoms with Gasteiger partial charge in [0.15, 0.2) is 0 Å². The van der Waals surface area contributed by atoms with Crippen molar-refractivity contribution in [1.82, 2.24) is 19.6 Å². The first-order valence-electron chi connectivity index (χ1n) is 8.52. The first-order chi connectivity index (χ1) is 13.4. The maximum atomic E-state index is 12.3. The molecule has 1 aromatic carbocycles. The highest BCUT2D eigenvalue weighted by Crippen LogP contribution is 2.18. The number of hydrogen-bond acceptors (Lipinski definition) is 8. The third kappa shape index (κ3) is 4.14. The summed E-state index contributed by atoms with van der Waals surface area (Å²) in [6, 6.07) is 6.72. The van der Waals surface area contributed by atoms with Crippen LogP contribution in [0, 0.1) is 13.8 Å². The summed E-state index contributed by atoms with van der Waals surface area (Å²) in [7, 11) is 1.33. The van der Waals surface area contributed by atoms with E-state index in [1.54, 1.807) is 28.8 Å². The zero-order chi connectivity index (χ0) is 20.3. The van der Waals surface area contributed by atoms with Crippen molar-refractivity contribution in [2.75, 3.05) is 13.4 Å². The van der Waals surface area contributed by atoms with Crippen LogP contribution in [0.2, 0.25) is 0 Å². The Bertz CT molecular complexity index is 1030. The maximum absolute atomic E-state index is 12.3. The van der Waals surface area contributed by atoms with Crippen molar-refractivity contribution in [3.8, 4) is 0 Å². The first kappa shape index (κ1) is 19.8. The lowest BCUT2D eigenvalue weighted by molar-refractivity contribution is -0.144. The van der Waals surface area contributed by atoms with E-state index < -0.39 is 5.97 Å². The van der Waals surface area contributed by atoms with Crippen molar-refractivity contribution < 1.29 is 19.1 Å². The van der Waals surface area contributed by atoms with Gasteiger partial charge < -0.3 is 9.47 Å². The molecular weight excluding hydrogens is 380 g/mol. The molecule has 0 amide bonds. The number of fused-ring (bicyclic) bond motifs is 1. The summed E-state index contributed by atoms with van der Waals surface area (Å²) in [6.45, 7) is 3.84. The van der Waals surface area contributed by atoms with E-state index in [-0.39, 0.29) is 19.0 Å². The van der Waals surface area contributed by atoms with Gasteiger partial charge in [-0.05, 0) is 37.8 Å². The van der Waals surface area contributed by atoms with E-state index in [0.717, 1.165) is 22.5 Å². The number of methoxy groups -OCH3 is 1. The van der Waals surface area contributed by atoms with Crippen LogP contribution in [0.3, 0.4) is 0 Å². The van der Waals surface area contributed by atoms with E-state index in [4.69, 9.17) is 4.74 Å². The molecule has 0 saturated carbocycles. The minimum Gasteiger partial charge on any atom is -0.465 e. The fourth-order valence-corrected chi connectivity index (χ4v) is 3.08. The van der Waals surface area contributed by atoms with Crippen LogP contribution >= 0.6 is 11.8 Å². The topological polar surface area (TPSA) is 95.7 Å². The van der Waals surface area contributed by atoms with Gasteiger partial charge in [0, 0.05) is 17.0 Å². The van der Waals surface area contributed by atoms with Crippen molar-refractivity contribution in [2.45, 2.75) is 32.0 Å². The lowest BCUT2D eigenvalue weighted by Gasteiger charge is -2.10. The molecule has 0 spiro atoms. The molecule has 146 valence electrons. The van der Waals surface area contributed by atoms with Crippen LogP contribution in [0.1, 0.15) is 32.9 Å². The third-order valence-electron chi connectivity index (χ3n) is 4.31. The number of rotatable bonds is 6. The predicted octanol–water partition coefficient (Wildman–Crippen LogP) is 2.54. The molecule has 0 radical (unpaired) electrons. The van der Waals surface area contributed by atoms with Gasteiger partial charge in [0.25, 0.3) is 5.78 Å². The molecule has 0 saturated heterocycles. The average Bonchev–Trinajstić information content (AvgIpc) is 3.12. The summed E-state index contributed by atoms with van der Waals surface area (Å²) in [5.41, 5.74) is 3.54. The van der Waals surface area contributed by atoms with Gasteiger partial charge in [-0.1, -0.05) is 23.9 Å². The Hall–Kier alpha value is -2.94. The van der Waals surface area contributed by atoms with Crippen LogP contribution in [-0.2, 0) is 27.3 Å². The monoisotopic (exact) mass is 400 g/mol. The van der Waals surface area contributed by atoms with E-state index >= 15 is 0 Å². The van der Waals surface area contributed by atoms with E-state index in [2.05, 4.69) is 19.8 Å². The lowest BCUT2D eigenvalue weighted by atomic mass is 10.1. The fourth-order valence-electron chi connectivity index (χ4n) is 2.75. The highest BCUT2D eigenvalue weighted by Gasteiger charge is 2.17. The molecule has 28 heavy (non-hydrogen) atoms. The van der Waals surface area contributed by atoms with E-state index in [1.165, 1.54) is 18.9 Å². The molecule has 0 N–H and O–H groups in total. The number of benzene rings is 1. The van der Waals surface area contributed by atoms with Crippen molar-refractivity contribution in [3.05, 3.63) is 52.3 Å². The summed E-state index contributed by atoms with van der Waals surface area (Å²) < 4.78 is 11.7. The summed E-state index contributed by atoms with van der Waals surface area (Å²) >= 11 is 1.44. The second kappa shape index (κ2) is 8.39. The second-order valence-electron chi connectivity index (χ2n) is 6.10. The van der Waals surface area contributed by atoms with Crippen LogP contribution in [0.15, 0.2) is 29.4 Å². The quantitative estimate of drug-likeness (QED) is 0.460. The summed E-state index contributed by atoms with van der Waals surface area (Å²) in [6.07, 6.45) is 1.99. The van der Waals surface area contributed by atoms with Crippen LogP contribution in [0.4, 0.5) is 0 Å². The molecule has 0 aliphatic rings. The normalized spacial score (nSPS) is 10.9. The average molecular weight is 400 g/mol. The molecule has 0 aliphatic heterocycles. The van der Waals surface area contributed by atoms with Gasteiger partial charge in [-0.2, -0.15) is 4.98 Å². The molecule has 9 heteroatoms. The van der Waals surface area contributed by atoms with Gasteiger partial charge in [-0.15, -0.1) is 5.10 Å². The fraction of sp³-hybridized carbons (Fsp3) is 0.316. The number of aromatic nitrogens is 4. The Morgan fingerprint density at radius 3 is 2.50 bits per heavy atom. The first-order valence-corrected chi connectivity index (χ1v) is 9.75. The summed E-state index contributed by atoms with van der Waals surface area (Å²) in [5.74, 6) is -0.258. The predicted molar refractivity (Wildman–Crippen MR) is 103 cm³/mol. The summed E-state index contributed by atoms with van der Waals surface area (Å²) in [5, 5.41) is 5.01. The molecule has 2 heterocycles. The number of thioether (sulfide) groups is 1. The minimum atomic E-state index is -0.407. The number of carbonyl (C=O) groups excluding carboxylic acids is 2. The number of aryl methyl sites for hydroxylation is 2. The summed E-state index contributed by atoms with van der Waals surface area (Å²) in [4.78, 5) is 32.5. The van der Waals surface area contributed by atoms with Crippen molar-refractivity contribution >= 4 is 29.5 Å². The molecule has 0 bridgehead atoms. The Labute approximate surface area is 166 Å². The molecule has 3 rings (SSSR count). The molecule has 0 aliphatic carbocycles. The number of hydrogen-bond donors (Lipinski definition) is 0. The largest absolute Gasteiger partial charge is 0.465 e. The number of carbonyl (C=O) groups is 2. The number of esters is 2. The molecule has 0 atom stereocenters. The van der Waals surface area contributed by atoms with E-state index in [1.807, 2.05) is 20.1 Å². The molecular formula is C19H20N4O4S. The molecule has 3 aromatic rings. The van der Waals surface area contributed by atoms with Gasteiger partial charge in [-0.25, -0.2) is 14.3 Å². The van der Waals surface area contributed by atoms with Gasteiger partial charge in [0.2, 0.25) is 5.16 Å². The van der Waals surface area contributed by atoms with Gasteiger partial charge in [0.1, 0.15) is 6.61 Å². The van der Waals surface area contributed by atoms with Crippen LogP contribution < -0.4 is 0 Å². The van der Waals surface area contributed by atoms with Crippen molar-refractivity contribution in [1.29, 1.82) is 0 Å². The molecule has 2 aromatic heterocycles. The Morgan fingerprint density at radius 2 is 1.86 bits per heavy atom. The van der Waals surface area contributed by atoms with E-state index in [9.17, 15) is 9.59 Å². The van der Waals surface area contributed by atoms with Crippen molar-refractivity contribution in [3.63, 3.8) is 0 Å². The lowest BCUT2D eigenvalue weighted by Crippen LogP contribution is -2.13. The Morgan fingerprint density at radius 1 is 1.14 bits per heavy atom. The van der Waals surface area contributed by atoms with Gasteiger partial charge in [-0.3, -0.25) is 4.79 Å². The number of nitrogens with zero attached hydrogens (tertiary/aromatic N) is 4. The smallest absolute Gasteiger partial charge is 0.337 e. The highest BCUT2D eigenvalue weighted by atomic mass is 32.2. The minimum absolute atomic E-state index is 0.0926. The SMILES string of the molecule is COC(=O)c1ccc(COC(=O)Cc2c(C)nc3nc(SC)nn3c2C)cc1. The van der Waals surface area contributed by atoms with Crippen LogP contribution in [-0.4, -0.2) is 44.9 Å². The molecule has 0 fully saturated rings. The molecule has 8 nitrogen and oxygen atoms in total. The zero-order valence-corrected chi connectivity index (χ0v) is 16.9. The van der Waals surface area contributed by atoms with Crippen LogP contribution in [0.25, 0.3) is 5.78 Å². The van der Waals surface area contributed by atoms with E-state index in [0.29, 0.717) is 16.5 Å². The standard InChI is InChI=1S/C19H20N4O4S/c1-11-15(12(2)23-18(20-11)21-19(22-23)28-4)9-16(24)27-10-13-5-7-14(8-6-13)17(25)26-3/h5-8H,9-10H2,1-4H3. The third-order valence-corrected chi connectivity index (χ3v) is 4.85. The van der Waals surface area contributed by atoms with Gasteiger partial charge in [0.05, 0.1) is 19.1 Å². The Kier molecular flexibility index (Phi) is 5.93. The van der Waals surface area contributed by atoms with Gasteiger partial charge >= 0.3 is 11.9 Å². The zero-order valence-electron chi connectivity index (χ0n) is 16.1. The Balaban J connectivity index is 1.68. The number of ether oxygens (including phenoxy) is 2. The van der Waals surface area contributed by atoms with Crippen LogP contribution in [0.5, 0.6) is 0 Å². The maximum Gasteiger partial charge on any atom is 0.337 e. The van der Waals surface area contributed by atoms with Crippen molar-refractivity contribution in [2.24, 2.45) is 0 Å². The highest BCUT2D eigenvalue weighted by molar-refractivity contribution is 7.98. The molecule has 0 unspecified atom stereocenters. The second-order valence-corrected chi connectivity index (χ2v) is 6.87.